The predicted molar refractivity (Wildman–Crippen MR) is 111 cm³/mol. The van der Waals surface area contributed by atoms with Gasteiger partial charge >= 0.3 is 5.97 Å². The highest BCUT2D eigenvalue weighted by molar-refractivity contribution is 6.06. The summed E-state index contributed by atoms with van der Waals surface area (Å²) in [5.41, 5.74) is 2.28. The number of nitrogens with one attached hydrogen (secondary N) is 1. The second-order valence-corrected chi connectivity index (χ2v) is 8.09. The third-order valence-electron chi connectivity index (χ3n) is 5.67. The molecule has 0 bridgehead atoms. The van der Waals surface area contributed by atoms with Gasteiger partial charge in [0.1, 0.15) is 18.5 Å². The first-order valence-electron chi connectivity index (χ1n) is 10.2. The van der Waals surface area contributed by atoms with Crippen LogP contribution in [-0.2, 0) is 25.6 Å². The van der Waals surface area contributed by atoms with E-state index in [1.807, 2.05) is 26.0 Å². The van der Waals surface area contributed by atoms with Gasteiger partial charge in [-0.25, -0.2) is 4.39 Å². The molecule has 2 aliphatic rings. The Bertz CT molecular complexity index is 883. The Morgan fingerprint density at radius 3 is 2.80 bits per heavy atom. The number of hydrogen-bond acceptors (Lipinski definition) is 6. The molecule has 0 fully saturated rings. The first kappa shape index (κ1) is 21.9. The van der Waals surface area contributed by atoms with Crippen molar-refractivity contribution < 1.29 is 23.6 Å². The van der Waals surface area contributed by atoms with Gasteiger partial charge in [-0.2, -0.15) is 0 Å². The van der Waals surface area contributed by atoms with Gasteiger partial charge in [-0.3, -0.25) is 14.6 Å². The second kappa shape index (κ2) is 8.93. The molecule has 1 N–H and O–H groups in total. The maximum atomic E-state index is 13.3. The molecule has 3 atom stereocenters. The van der Waals surface area contributed by atoms with E-state index in [1.165, 1.54) is 12.5 Å². The average Bonchev–Trinajstić information content (AvgIpc) is 3.18. The maximum Gasteiger partial charge on any atom is 0.303 e. The van der Waals surface area contributed by atoms with Crippen molar-refractivity contribution in [2.24, 2.45) is 11.1 Å². The Morgan fingerprint density at radius 2 is 2.13 bits per heavy atom. The quantitative estimate of drug-likeness (QED) is 0.689. The monoisotopic (exact) mass is 417 g/mol. The van der Waals surface area contributed by atoms with Crippen LogP contribution in [0.4, 0.5) is 4.39 Å². The summed E-state index contributed by atoms with van der Waals surface area (Å²) in [4.78, 5) is 34.6. The number of ether oxygens (including phenoxy) is 1. The van der Waals surface area contributed by atoms with Gasteiger partial charge < -0.3 is 14.9 Å². The number of esters is 1. The highest BCUT2D eigenvalue weighted by Gasteiger charge is 2.50. The molecular weight excluding hydrogens is 389 g/mol. The third-order valence-corrected chi connectivity index (χ3v) is 5.67. The number of rotatable bonds is 7. The Labute approximate surface area is 175 Å². The molecule has 1 aromatic rings. The Hall–Kier alpha value is -2.77. The molecule has 0 spiro atoms. The maximum absolute atomic E-state index is 13.3. The van der Waals surface area contributed by atoms with Crippen LogP contribution in [-0.4, -0.2) is 47.0 Å². The number of allylic oxidation sites excluding steroid dienone is 1. The zero-order valence-electron chi connectivity index (χ0n) is 17.8. The molecule has 1 amide bonds. The molecule has 7 nitrogen and oxygen atoms in total. The number of nitrogens with zero attached hydrogens (tertiary/aromatic N) is 2. The molecule has 162 valence electrons. The van der Waals surface area contributed by atoms with Crippen LogP contribution in [0.25, 0.3) is 6.08 Å². The van der Waals surface area contributed by atoms with Crippen molar-refractivity contribution in [2.45, 2.75) is 64.7 Å². The number of aryl methyl sites for hydroxylation is 1. The number of aromatic nitrogens is 1. The highest BCUT2D eigenvalue weighted by atomic mass is 19.1. The number of pyridine rings is 1. The molecule has 1 aliphatic carbocycles. The number of halogens is 1. The van der Waals surface area contributed by atoms with Crippen LogP contribution in [0, 0.1) is 5.92 Å². The Kier molecular flexibility index (Phi) is 6.53. The fourth-order valence-electron chi connectivity index (χ4n) is 3.76. The SMILES string of the molecule is CC(=O)OC(CF)C(C)NC(=O)C1(C(C)C)CC(c2nccc3c2C=CCC3)=NO1. The predicted octanol–water partition coefficient (Wildman–Crippen LogP) is 2.97. The van der Waals surface area contributed by atoms with E-state index in [0.29, 0.717) is 11.4 Å². The van der Waals surface area contributed by atoms with E-state index in [9.17, 15) is 14.0 Å². The summed E-state index contributed by atoms with van der Waals surface area (Å²) in [5, 5.41) is 6.98. The smallest absolute Gasteiger partial charge is 0.303 e. The van der Waals surface area contributed by atoms with Crippen LogP contribution in [0.3, 0.4) is 0 Å². The van der Waals surface area contributed by atoms with Crippen molar-refractivity contribution in [2.75, 3.05) is 6.67 Å². The van der Waals surface area contributed by atoms with Gasteiger partial charge in [-0.15, -0.1) is 0 Å². The minimum Gasteiger partial charge on any atom is -0.458 e. The third kappa shape index (κ3) is 4.22. The summed E-state index contributed by atoms with van der Waals surface area (Å²) in [7, 11) is 0. The van der Waals surface area contributed by atoms with Gasteiger partial charge in [-0.1, -0.05) is 31.2 Å². The Balaban J connectivity index is 1.80. The molecule has 3 unspecified atom stereocenters. The van der Waals surface area contributed by atoms with Crippen LogP contribution in [0.2, 0.25) is 0 Å². The number of carbonyl (C=O) groups is 2. The minimum atomic E-state index is -1.25. The van der Waals surface area contributed by atoms with Gasteiger partial charge in [-0.05, 0) is 31.4 Å². The van der Waals surface area contributed by atoms with E-state index in [1.54, 1.807) is 13.1 Å². The van der Waals surface area contributed by atoms with Gasteiger partial charge in [0.2, 0.25) is 5.60 Å². The molecule has 1 aromatic heterocycles. The number of amides is 1. The van der Waals surface area contributed by atoms with E-state index in [0.717, 1.165) is 18.4 Å². The number of hydrogen-bond donors (Lipinski definition) is 1. The summed E-state index contributed by atoms with van der Waals surface area (Å²) in [5.74, 6) is -1.23. The van der Waals surface area contributed by atoms with E-state index in [-0.39, 0.29) is 12.3 Å². The summed E-state index contributed by atoms with van der Waals surface area (Å²) in [6, 6.07) is 1.27. The van der Waals surface area contributed by atoms with Crippen molar-refractivity contribution in [3.8, 4) is 0 Å². The fourth-order valence-corrected chi connectivity index (χ4v) is 3.76. The van der Waals surface area contributed by atoms with E-state index >= 15 is 0 Å². The first-order valence-corrected chi connectivity index (χ1v) is 10.2. The van der Waals surface area contributed by atoms with Crippen molar-refractivity contribution >= 4 is 23.7 Å². The van der Waals surface area contributed by atoms with Gasteiger partial charge in [0.15, 0.2) is 0 Å². The van der Waals surface area contributed by atoms with Gasteiger partial charge in [0.25, 0.3) is 5.91 Å². The molecule has 3 rings (SSSR count). The zero-order chi connectivity index (χ0) is 21.9. The van der Waals surface area contributed by atoms with Crippen molar-refractivity contribution in [3.05, 3.63) is 35.2 Å². The lowest BCUT2D eigenvalue weighted by Gasteiger charge is -2.32. The molecule has 8 heteroatoms. The minimum absolute atomic E-state index is 0.210. The normalized spacial score (nSPS) is 22.0. The van der Waals surface area contributed by atoms with Crippen molar-refractivity contribution in [1.29, 1.82) is 0 Å². The van der Waals surface area contributed by atoms with Gasteiger partial charge in [0.05, 0.1) is 11.7 Å². The van der Waals surface area contributed by atoms with E-state index in [2.05, 4.69) is 21.5 Å². The van der Waals surface area contributed by atoms with Crippen LogP contribution in [0.1, 0.15) is 57.4 Å². The molecule has 0 saturated heterocycles. The number of fused-ring (bicyclic) bond motifs is 1. The lowest BCUT2D eigenvalue weighted by molar-refractivity contribution is -0.155. The standard InChI is InChI=1S/C22H28FN3O4/c1-13(2)22(21(28)25-14(3)19(12-23)29-15(4)27)11-18(26-30-22)20-17-8-6-5-7-16(17)9-10-24-20/h6,8-10,13-14,19H,5,7,11-12H2,1-4H3,(H,25,28). The van der Waals surface area contributed by atoms with E-state index in [4.69, 9.17) is 9.57 Å². The van der Waals surface area contributed by atoms with Crippen molar-refractivity contribution in [3.63, 3.8) is 0 Å². The molecule has 0 saturated carbocycles. The molecule has 30 heavy (non-hydrogen) atoms. The number of alkyl halides is 1. The largest absolute Gasteiger partial charge is 0.458 e. The molecular formula is C22H28FN3O4. The first-order chi connectivity index (χ1) is 14.3. The molecule has 0 radical (unpaired) electrons. The summed E-state index contributed by atoms with van der Waals surface area (Å²) < 4.78 is 18.3. The van der Waals surface area contributed by atoms with Crippen LogP contribution < -0.4 is 5.32 Å². The van der Waals surface area contributed by atoms with Crippen LogP contribution >= 0.6 is 0 Å². The summed E-state index contributed by atoms with van der Waals surface area (Å²) in [6.45, 7) is 5.64. The molecule has 2 heterocycles. The lowest BCUT2D eigenvalue weighted by Crippen LogP contribution is -2.56. The van der Waals surface area contributed by atoms with Gasteiger partial charge in [0, 0.05) is 31.0 Å². The molecule has 1 aliphatic heterocycles. The zero-order valence-corrected chi connectivity index (χ0v) is 17.8. The summed E-state index contributed by atoms with van der Waals surface area (Å²) in [6.07, 6.45) is 6.97. The van der Waals surface area contributed by atoms with E-state index < -0.39 is 36.3 Å². The number of carbonyl (C=O) groups excluding carboxylic acids is 2. The average molecular weight is 417 g/mol. The summed E-state index contributed by atoms with van der Waals surface area (Å²) >= 11 is 0. The fraction of sp³-hybridized carbons (Fsp3) is 0.545. The highest BCUT2D eigenvalue weighted by Crippen LogP contribution is 2.35. The van der Waals surface area contributed by atoms with Crippen LogP contribution in [0.15, 0.2) is 23.5 Å². The lowest BCUT2D eigenvalue weighted by atomic mass is 9.83. The van der Waals surface area contributed by atoms with Crippen LogP contribution in [0.5, 0.6) is 0 Å². The van der Waals surface area contributed by atoms with Crippen molar-refractivity contribution in [1.82, 2.24) is 10.3 Å². The molecule has 0 aromatic carbocycles. The second-order valence-electron chi connectivity index (χ2n) is 8.09. The number of oxime groups is 1. The Morgan fingerprint density at radius 1 is 1.37 bits per heavy atom. The topological polar surface area (TPSA) is 89.9 Å².